The third kappa shape index (κ3) is 8.46. The highest BCUT2D eigenvalue weighted by atomic mass is 35.5. The first kappa shape index (κ1) is 31.8. The zero-order valence-electron chi connectivity index (χ0n) is 24.3. The second-order valence-electron chi connectivity index (χ2n) is 10.3. The van der Waals surface area contributed by atoms with Crippen molar-refractivity contribution in [2.75, 3.05) is 10.8 Å². The van der Waals surface area contributed by atoms with Crippen molar-refractivity contribution < 1.29 is 18.0 Å². The summed E-state index contributed by atoms with van der Waals surface area (Å²) in [6, 6.07) is 32.1. The van der Waals surface area contributed by atoms with E-state index in [1.54, 1.807) is 36.4 Å². The Bertz CT molecular complexity index is 1600. The molecule has 0 fully saturated rings. The Hall–Kier alpha value is -4.14. The van der Waals surface area contributed by atoms with Gasteiger partial charge in [-0.3, -0.25) is 13.9 Å². The van der Waals surface area contributed by atoms with Crippen LogP contribution < -0.4 is 9.62 Å². The van der Waals surface area contributed by atoms with Gasteiger partial charge < -0.3 is 10.2 Å². The molecule has 0 aliphatic heterocycles. The molecular formula is C34H36ClN3O4S. The van der Waals surface area contributed by atoms with E-state index in [0.29, 0.717) is 11.4 Å². The number of anilines is 1. The molecule has 0 aromatic heterocycles. The van der Waals surface area contributed by atoms with Crippen molar-refractivity contribution in [3.05, 3.63) is 131 Å². The molecule has 0 spiro atoms. The molecule has 0 aliphatic rings. The van der Waals surface area contributed by atoms with Crippen LogP contribution in [0.3, 0.4) is 0 Å². The van der Waals surface area contributed by atoms with E-state index in [0.717, 1.165) is 15.4 Å². The predicted octanol–water partition coefficient (Wildman–Crippen LogP) is 6.09. The molecule has 0 bridgehead atoms. The highest BCUT2D eigenvalue weighted by molar-refractivity contribution is 7.92. The summed E-state index contributed by atoms with van der Waals surface area (Å²) in [5.41, 5.74) is 1.93. The van der Waals surface area contributed by atoms with Crippen LogP contribution >= 0.6 is 11.6 Å². The van der Waals surface area contributed by atoms with Crippen molar-refractivity contribution in [2.45, 2.75) is 50.2 Å². The van der Waals surface area contributed by atoms with Gasteiger partial charge in [0.2, 0.25) is 11.8 Å². The Morgan fingerprint density at radius 1 is 0.814 bits per heavy atom. The molecule has 2 amide bonds. The van der Waals surface area contributed by atoms with Gasteiger partial charge in [-0.05, 0) is 54.8 Å². The van der Waals surface area contributed by atoms with Crippen molar-refractivity contribution in [2.24, 2.45) is 0 Å². The smallest absolute Gasteiger partial charge is 0.264 e. The zero-order valence-corrected chi connectivity index (χ0v) is 25.8. The Balaban J connectivity index is 1.79. The quantitative estimate of drug-likeness (QED) is 0.197. The van der Waals surface area contributed by atoms with E-state index in [9.17, 15) is 18.0 Å². The average Bonchev–Trinajstić information content (AvgIpc) is 3.02. The van der Waals surface area contributed by atoms with Crippen LogP contribution in [0.4, 0.5) is 5.69 Å². The highest BCUT2D eigenvalue weighted by Gasteiger charge is 2.35. The Kier molecular flexibility index (Phi) is 11.0. The van der Waals surface area contributed by atoms with Gasteiger partial charge >= 0.3 is 0 Å². The first-order valence-electron chi connectivity index (χ1n) is 14.2. The summed E-state index contributed by atoms with van der Waals surface area (Å²) in [5, 5.41) is 3.37. The monoisotopic (exact) mass is 617 g/mol. The van der Waals surface area contributed by atoms with E-state index in [1.165, 1.54) is 23.1 Å². The van der Waals surface area contributed by atoms with Crippen molar-refractivity contribution >= 4 is 39.1 Å². The van der Waals surface area contributed by atoms with Crippen LogP contribution in [0.15, 0.2) is 120 Å². The molecule has 0 saturated carbocycles. The third-order valence-electron chi connectivity index (χ3n) is 7.17. The molecule has 0 radical (unpaired) electrons. The Morgan fingerprint density at radius 2 is 1.40 bits per heavy atom. The van der Waals surface area contributed by atoms with Crippen LogP contribution in [0.5, 0.6) is 0 Å². The zero-order chi connectivity index (χ0) is 30.8. The number of rotatable bonds is 13. The largest absolute Gasteiger partial charge is 0.352 e. The summed E-state index contributed by atoms with van der Waals surface area (Å²) in [4.78, 5) is 29.7. The molecule has 0 heterocycles. The molecule has 4 aromatic rings. The number of nitrogens with zero attached hydrogens (tertiary/aromatic N) is 2. The van der Waals surface area contributed by atoms with Gasteiger partial charge in [0.1, 0.15) is 12.6 Å². The topological polar surface area (TPSA) is 86.8 Å². The lowest BCUT2D eigenvalue weighted by Gasteiger charge is -2.34. The van der Waals surface area contributed by atoms with Gasteiger partial charge in [-0.25, -0.2) is 8.42 Å². The number of halogens is 1. The maximum Gasteiger partial charge on any atom is 0.264 e. The minimum Gasteiger partial charge on any atom is -0.352 e. The summed E-state index contributed by atoms with van der Waals surface area (Å²) in [7, 11) is -4.17. The first-order valence-corrected chi connectivity index (χ1v) is 16.0. The molecule has 4 rings (SSSR count). The standard InChI is InChI=1S/C34H36ClN3O4S/c1-3-26(2)36-34(40)32(22-27-14-7-4-8-15-27)37(24-28-16-9-5-10-17-28)33(39)25-38(30-19-13-18-29(35)23-30)43(41,42)31-20-11-6-12-21-31/h4-21,23,26,32H,3,22,24-25H2,1-2H3,(H,36,40). The van der Waals surface area contributed by atoms with Gasteiger partial charge in [0.15, 0.2) is 0 Å². The summed E-state index contributed by atoms with van der Waals surface area (Å²) in [6.07, 6.45) is 0.971. The SMILES string of the molecule is CCC(C)NC(=O)C(Cc1ccccc1)N(Cc1ccccc1)C(=O)CN(c1cccc(Cl)c1)S(=O)(=O)c1ccccc1. The third-order valence-corrected chi connectivity index (χ3v) is 9.20. The van der Waals surface area contributed by atoms with Crippen LogP contribution in [-0.4, -0.2) is 43.8 Å². The van der Waals surface area contributed by atoms with Gasteiger partial charge in [-0.1, -0.05) is 103 Å². The molecule has 43 heavy (non-hydrogen) atoms. The van der Waals surface area contributed by atoms with Gasteiger partial charge in [0.25, 0.3) is 10.0 Å². The molecule has 1 N–H and O–H groups in total. The van der Waals surface area contributed by atoms with Crippen molar-refractivity contribution in [3.63, 3.8) is 0 Å². The lowest BCUT2D eigenvalue weighted by Crippen LogP contribution is -2.54. The highest BCUT2D eigenvalue weighted by Crippen LogP contribution is 2.27. The average molecular weight is 618 g/mol. The van der Waals surface area contributed by atoms with Crippen LogP contribution in [0.25, 0.3) is 0 Å². The van der Waals surface area contributed by atoms with E-state index in [1.807, 2.05) is 74.5 Å². The maximum absolute atomic E-state index is 14.4. The number of nitrogens with one attached hydrogen (secondary N) is 1. The number of sulfonamides is 1. The molecule has 0 saturated heterocycles. The fourth-order valence-electron chi connectivity index (χ4n) is 4.65. The molecule has 2 unspecified atom stereocenters. The van der Waals surface area contributed by atoms with Crippen LogP contribution in [0.1, 0.15) is 31.4 Å². The molecular weight excluding hydrogens is 582 g/mol. The normalized spacial score (nSPS) is 12.6. The summed E-state index contributed by atoms with van der Waals surface area (Å²) in [5.74, 6) is -0.828. The number of hydrogen-bond acceptors (Lipinski definition) is 4. The van der Waals surface area contributed by atoms with Crippen molar-refractivity contribution in [1.82, 2.24) is 10.2 Å². The lowest BCUT2D eigenvalue weighted by molar-refractivity contribution is -0.140. The second kappa shape index (κ2) is 14.8. The maximum atomic E-state index is 14.4. The molecule has 2 atom stereocenters. The van der Waals surface area contributed by atoms with Crippen LogP contribution in [0, 0.1) is 0 Å². The first-order chi connectivity index (χ1) is 20.7. The molecule has 4 aromatic carbocycles. The van der Waals surface area contributed by atoms with Gasteiger partial charge in [-0.2, -0.15) is 0 Å². The molecule has 7 nitrogen and oxygen atoms in total. The van der Waals surface area contributed by atoms with Crippen molar-refractivity contribution in [1.29, 1.82) is 0 Å². The molecule has 9 heteroatoms. The number of carbonyl (C=O) groups excluding carboxylic acids is 2. The van der Waals surface area contributed by atoms with E-state index in [-0.39, 0.29) is 35.5 Å². The number of hydrogen-bond donors (Lipinski definition) is 1. The number of carbonyl (C=O) groups is 2. The van der Waals surface area contributed by atoms with E-state index < -0.39 is 28.5 Å². The summed E-state index contributed by atoms with van der Waals surface area (Å²) >= 11 is 6.27. The second-order valence-corrected chi connectivity index (χ2v) is 12.6. The van der Waals surface area contributed by atoms with Gasteiger partial charge in [0, 0.05) is 24.0 Å². The van der Waals surface area contributed by atoms with Crippen LogP contribution in [0.2, 0.25) is 5.02 Å². The van der Waals surface area contributed by atoms with Crippen LogP contribution in [-0.2, 0) is 32.6 Å². The van der Waals surface area contributed by atoms with Gasteiger partial charge in [0.05, 0.1) is 10.6 Å². The van der Waals surface area contributed by atoms with Gasteiger partial charge in [-0.15, -0.1) is 0 Å². The fourth-order valence-corrected chi connectivity index (χ4v) is 6.27. The lowest BCUT2D eigenvalue weighted by atomic mass is 10.0. The minimum atomic E-state index is -4.17. The summed E-state index contributed by atoms with van der Waals surface area (Å²) < 4.78 is 29.0. The Labute approximate surface area is 259 Å². The minimum absolute atomic E-state index is 0.0349. The van der Waals surface area contributed by atoms with E-state index in [4.69, 9.17) is 11.6 Å². The Morgan fingerprint density at radius 3 is 1.98 bits per heavy atom. The van der Waals surface area contributed by atoms with E-state index >= 15 is 0 Å². The summed E-state index contributed by atoms with van der Waals surface area (Å²) in [6.45, 7) is 3.46. The van der Waals surface area contributed by atoms with Crippen molar-refractivity contribution in [3.8, 4) is 0 Å². The van der Waals surface area contributed by atoms with E-state index in [2.05, 4.69) is 5.32 Å². The number of amides is 2. The number of benzene rings is 4. The molecule has 224 valence electrons. The fraction of sp³-hybridized carbons (Fsp3) is 0.235. The molecule has 0 aliphatic carbocycles. The predicted molar refractivity (Wildman–Crippen MR) is 171 cm³/mol.